The quantitative estimate of drug-likeness (QED) is 0.0628. The van der Waals surface area contributed by atoms with Crippen LogP contribution in [0.4, 0.5) is 0 Å². The molecule has 0 aliphatic rings. The number of pyridine rings is 6. The van der Waals surface area contributed by atoms with Crippen LogP contribution >= 0.6 is 0 Å². The van der Waals surface area contributed by atoms with E-state index in [2.05, 4.69) is 72.8 Å². The molecule has 0 amide bonds. The van der Waals surface area contributed by atoms with E-state index in [1.54, 1.807) is 255 Å². The third-order valence-corrected chi connectivity index (χ3v) is 19.1. The molecule has 20 rings (SSSR count). The van der Waals surface area contributed by atoms with E-state index in [-0.39, 0.29) is 102 Å². The lowest BCUT2D eigenvalue weighted by molar-refractivity contribution is 0.0719. The van der Waals surface area contributed by atoms with Crippen molar-refractivity contribution in [3.05, 3.63) is 398 Å². The minimum Gasteiger partial charge on any atom is -0.422 e. The first-order valence-electron chi connectivity index (χ1n) is 37.2. The fourth-order valence-corrected chi connectivity index (χ4v) is 13.5. The summed E-state index contributed by atoms with van der Waals surface area (Å²) in [6.45, 7) is 0. The molecule has 0 N–H and O–H groups in total. The first kappa shape index (κ1) is 72.3. The van der Waals surface area contributed by atoms with Crippen LogP contribution in [0, 0.1) is 72.8 Å². The Morgan fingerprint density at radius 2 is 0.325 bits per heavy atom. The second-order valence-electron chi connectivity index (χ2n) is 27.3. The van der Waals surface area contributed by atoms with Crippen molar-refractivity contribution in [1.82, 2.24) is 29.9 Å². The number of aromatic nitrogens is 6. The molecule has 0 fully saturated rings. The van der Waals surface area contributed by atoms with Crippen LogP contribution in [-0.4, -0.2) is 65.7 Å². The van der Waals surface area contributed by atoms with Crippen LogP contribution in [0.15, 0.2) is 291 Å². The van der Waals surface area contributed by atoms with Gasteiger partial charge in [0.25, 0.3) is 0 Å². The van der Waals surface area contributed by atoms with Gasteiger partial charge < -0.3 is 28.4 Å². The normalized spacial score (nSPS) is 10.8. The minimum absolute atomic E-state index is 0.124. The average Bonchev–Trinajstić information content (AvgIpc) is 0.766. The Morgan fingerprint density at radius 1 is 0.175 bits per heavy atom. The van der Waals surface area contributed by atoms with Crippen molar-refractivity contribution in [3.63, 3.8) is 0 Å². The SMILES string of the molecule is O=C(Oc1ccccc1)c1cc2c#cc3cc4c#cc5cc(C(=O)Oc6ccccc6)nc6cc7nc(C(=O)Oc8ccccc8)cc(c#cc8cc(c#cc9cc(C(=O)Oc%10ccccc%10)nc%10cc(n1)c2cc9%10)cc(c#cc1cc(C(=O)Oc2ccccc2)nc2cc9nc(C(=O)Oc%10ccccc%10)cc(c#cc(c3)c4)c9cc12)c8)c7cc56. The Kier molecular flexibility index (Phi) is 18.8. The summed E-state index contributed by atoms with van der Waals surface area (Å²) in [5.41, 5.74) is 0.646. The summed E-state index contributed by atoms with van der Waals surface area (Å²) in [6.07, 6.45) is 0. The van der Waals surface area contributed by atoms with Crippen LogP contribution in [0.1, 0.15) is 62.9 Å². The number of para-hydroxylation sites is 6. The Balaban J connectivity index is 0.959. The summed E-state index contributed by atoms with van der Waals surface area (Å²) in [5.74, 6) is -3.31. The highest BCUT2D eigenvalue weighted by Gasteiger charge is 2.23. The molecule has 558 valence electrons. The molecule has 0 saturated carbocycles. The topological polar surface area (TPSA) is 235 Å². The molecule has 6 aromatic heterocycles. The largest absolute Gasteiger partial charge is 0.422 e. The predicted molar refractivity (Wildman–Crippen MR) is 451 cm³/mol. The number of benzene rings is 11. The number of hydrogen-bond acceptors (Lipinski definition) is 18. The number of carbonyl (C=O) groups is 6. The van der Waals surface area contributed by atoms with E-state index in [0.29, 0.717) is 97.0 Å². The molecule has 0 spiro atoms. The van der Waals surface area contributed by atoms with Gasteiger partial charge in [-0.25, -0.2) is 58.7 Å². The summed E-state index contributed by atoms with van der Waals surface area (Å²) in [4.78, 5) is 116. The van der Waals surface area contributed by atoms with Gasteiger partial charge in [0.2, 0.25) is 0 Å². The summed E-state index contributed by atoms with van der Waals surface area (Å²) in [6, 6.07) is 121. The van der Waals surface area contributed by atoms with Gasteiger partial charge in [-0.3, -0.25) is 0 Å². The molecular formula is C102H48N6O12. The van der Waals surface area contributed by atoms with E-state index < -0.39 is 35.8 Å². The molecule has 6 heterocycles. The smallest absolute Gasteiger partial charge is 0.362 e. The molecule has 0 atom stereocenters. The second kappa shape index (κ2) is 31.2. The number of esters is 6. The molecular weight excluding hydrogens is 1500 g/mol. The summed E-state index contributed by atoms with van der Waals surface area (Å²) < 4.78 is 35.5. The summed E-state index contributed by atoms with van der Waals surface area (Å²) in [7, 11) is 0. The molecule has 120 heavy (non-hydrogen) atoms. The molecule has 0 radical (unpaired) electrons. The van der Waals surface area contributed by atoms with Crippen molar-refractivity contribution in [2.24, 2.45) is 0 Å². The zero-order valence-electron chi connectivity index (χ0n) is 62.3. The minimum atomic E-state index is -0.807. The van der Waals surface area contributed by atoms with Crippen LogP contribution < -0.4 is 28.4 Å². The highest BCUT2D eigenvalue weighted by Crippen LogP contribution is 2.34. The number of nitrogens with zero attached hydrogens (tertiary/aromatic N) is 6. The van der Waals surface area contributed by atoms with Crippen LogP contribution in [0.3, 0.4) is 0 Å². The highest BCUT2D eigenvalue weighted by molar-refractivity contribution is 6.14. The molecule has 14 aromatic carbocycles. The Labute approximate surface area is 681 Å². The van der Waals surface area contributed by atoms with Crippen molar-refractivity contribution < 1.29 is 57.2 Å². The zero-order valence-corrected chi connectivity index (χ0v) is 62.3. The third-order valence-electron chi connectivity index (χ3n) is 19.1. The maximum absolute atomic E-state index is 14.5. The number of rotatable bonds is 12. The standard InChI is InChI=1S/C102H48N6O12/c109-97(115-73-19-7-1-8-20-73)91-49-67-37-31-61-43-62-33-39-69-51-93(99(111)117-75-23-11-3-12-24-75)105-87-59-89-83(56-81(69)87)71(53-95(107-89)101(113)119-77-27-15-5-16-28-77)41-35-65-46-64(32-38-68-50-92(98(110)116-74-21-9-2-10-22-74)104-86-58-85(103-91)79(67)55-80(68)86)47-66(48-65)36-42-72-54-96(102(114)120-78-29-17-6-18-30-78)108-90-60-88-82(57-84(72)90)70(40-34-63(44-61)45-62)52-94(106-88)100(112)118-76-25-13-4-14-26-76/h1-30,43-60H. The van der Waals surface area contributed by atoms with Crippen molar-refractivity contribution in [3.8, 4) is 34.5 Å². The maximum atomic E-state index is 14.5. The zero-order chi connectivity index (χ0) is 81.2. The summed E-state index contributed by atoms with van der Waals surface area (Å²) >= 11 is 0. The average molecular weight is 1550 g/mol. The molecule has 18 nitrogen and oxygen atoms in total. The van der Waals surface area contributed by atoms with E-state index in [1.165, 1.54) is 36.4 Å². The molecule has 0 aliphatic carbocycles. The van der Waals surface area contributed by atoms with Gasteiger partial charge in [-0.2, -0.15) is 0 Å². The van der Waals surface area contributed by atoms with Crippen molar-refractivity contribution in [2.75, 3.05) is 0 Å². The van der Waals surface area contributed by atoms with Crippen LogP contribution in [0.5, 0.6) is 34.5 Å². The van der Waals surface area contributed by atoms with E-state index in [0.717, 1.165) is 0 Å². The fourth-order valence-electron chi connectivity index (χ4n) is 13.5. The molecule has 0 saturated heterocycles. The van der Waals surface area contributed by atoms with Crippen molar-refractivity contribution >= 4 is 166 Å². The Hall–Kier alpha value is -17.9. The number of ether oxygens (including phenoxy) is 6. The van der Waals surface area contributed by atoms with Crippen LogP contribution in [-0.2, 0) is 0 Å². The van der Waals surface area contributed by atoms with Gasteiger partial charge in [0, 0.05) is 97.0 Å². The van der Waals surface area contributed by atoms with Gasteiger partial charge in [0.15, 0.2) is 34.2 Å². The van der Waals surface area contributed by atoms with E-state index in [4.69, 9.17) is 58.3 Å². The molecule has 12 bridgehead atoms. The van der Waals surface area contributed by atoms with E-state index in [9.17, 15) is 28.8 Å². The maximum Gasteiger partial charge on any atom is 0.362 e. The van der Waals surface area contributed by atoms with Crippen molar-refractivity contribution in [1.29, 1.82) is 0 Å². The predicted octanol–water partition coefficient (Wildman–Crippen LogP) is 20.2. The molecule has 18 heteroatoms. The molecule has 0 unspecified atom stereocenters. The highest BCUT2D eigenvalue weighted by atomic mass is 16.6. The number of hydrogen-bond donors (Lipinski definition) is 0. The van der Waals surface area contributed by atoms with Gasteiger partial charge in [0.1, 0.15) is 34.5 Å². The van der Waals surface area contributed by atoms with Crippen LogP contribution in [0.25, 0.3) is 130 Å². The van der Waals surface area contributed by atoms with Crippen LogP contribution in [0.2, 0.25) is 0 Å². The van der Waals surface area contributed by atoms with Gasteiger partial charge in [-0.1, -0.05) is 182 Å². The Bertz CT molecular complexity index is 6520. The van der Waals surface area contributed by atoms with Gasteiger partial charge in [0.05, 0.1) is 33.1 Å². The molecule has 20 aromatic rings. The Morgan fingerprint density at radius 3 is 0.475 bits per heavy atom. The lowest BCUT2D eigenvalue weighted by Crippen LogP contribution is -2.11. The lowest BCUT2D eigenvalue weighted by atomic mass is 10.0. The lowest BCUT2D eigenvalue weighted by Gasteiger charge is -2.09. The fraction of sp³-hybridized carbons (Fsp3) is 0. The van der Waals surface area contributed by atoms with Gasteiger partial charge in [-0.05, 0) is 182 Å². The van der Waals surface area contributed by atoms with E-state index >= 15 is 0 Å². The molecule has 0 aliphatic heterocycles. The second-order valence-corrected chi connectivity index (χ2v) is 27.3. The van der Waals surface area contributed by atoms with Gasteiger partial charge >= 0.3 is 35.8 Å². The first-order valence-corrected chi connectivity index (χ1v) is 37.2. The first-order chi connectivity index (χ1) is 58.8. The number of carbonyl (C=O) groups excluding carboxylic acids is 6. The van der Waals surface area contributed by atoms with Crippen molar-refractivity contribution in [2.45, 2.75) is 0 Å². The third kappa shape index (κ3) is 15.5. The van der Waals surface area contributed by atoms with E-state index in [1.807, 2.05) is 0 Å². The van der Waals surface area contributed by atoms with Gasteiger partial charge in [-0.15, -0.1) is 0 Å². The summed E-state index contributed by atoms with van der Waals surface area (Å²) in [5, 5.41) is 6.54. The monoisotopic (exact) mass is 1550 g/mol.